The lowest BCUT2D eigenvalue weighted by molar-refractivity contribution is 0.0529. The Labute approximate surface area is 205 Å². The van der Waals surface area contributed by atoms with Gasteiger partial charge >= 0.3 is 5.97 Å². The van der Waals surface area contributed by atoms with Crippen LogP contribution in [0.15, 0.2) is 60.9 Å². The lowest BCUT2D eigenvalue weighted by Crippen LogP contribution is -2.21. The lowest BCUT2D eigenvalue weighted by Gasteiger charge is -2.10. The van der Waals surface area contributed by atoms with Crippen LogP contribution in [0.25, 0.3) is 11.1 Å². The van der Waals surface area contributed by atoms with Crippen LogP contribution in [0.3, 0.4) is 0 Å². The minimum Gasteiger partial charge on any atom is -0.462 e. The molecule has 2 heterocycles. The standard InChI is InChI=1S/C24H22FN5O2S2/c1-3-32-22(31)20-19(17-9-5-4-6-10-17)15(2)34-21(20)27-24(33)28-23-26-14-30(29-23)13-16-8-7-11-18(25)12-16/h4-12,14H,3,13H2,1-2H3,(H2,27,28,29,33). The van der Waals surface area contributed by atoms with Crippen LogP contribution >= 0.6 is 23.6 Å². The van der Waals surface area contributed by atoms with Crippen LogP contribution < -0.4 is 10.6 Å². The predicted octanol–water partition coefficient (Wildman–Crippen LogP) is 5.49. The molecule has 10 heteroatoms. The van der Waals surface area contributed by atoms with Crippen molar-refractivity contribution in [3.05, 3.63) is 82.7 Å². The average Bonchev–Trinajstić information content (AvgIpc) is 3.37. The third-order valence-electron chi connectivity index (χ3n) is 4.85. The number of nitrogens with zero attached hydrogens (tertiary/aromatic N) is 3. The van der Waals surface area contributed by atoms with Crippen LogP contribution in [-0.4, -0.2) is 32.5 Å². The fourth-order valence-corrected chi connectivity index (χ4v) is 4.80. The van der Waals surface area contributed by atoms with E-state index in [1.807, 2.05) is 43.3 Å². The number of halogens is 1. The predicted molar refractivity (Wildman–Crippen MR) is 136 cm³/mol. The van der Waals surface area contributed by atoms with Crippen molar-refractivity contribution in [1.29, 1.82) is 0 Å². The van der Waals surface area contributed by atoms with Gasteiger partial charge in [0.05, 0.1) is 13.2 Å². The summed E-state index contributed by atoms with van der Waals surface area (Å²) in [6, 6.07) is 16.0. The summed E-state index contributed by atoms with van der Waals surface area (Å²) in [6.45, 7) is 4.35. The highest BCUT2D eigenvalue weighted by Gasteiger charge is 2.25. The Morgan fingerprint density at radius 3 is 2.71 bits per heavy atom. The largest absolute Gasteiger partial charge is 0.462 e. The van der Waals surface area contributed by atoms with Crippen molar-refractivity contribution >= 4 is 45.6 Å². The van der Waals surface area contributed by atoms with E-state index in [1.165, 1.54) is 29.8 Å². The Morgan fingerprint density at radius 1 is 1.18 bits per heavy atom. The fraction of sp³-hybridized carbons (Fsp3) is 0.167. The number of rotatable bonds is 7. The van der Waals surface area contributed by atoms with Crippen molar-refractivity contribution in [2.75, 3.05) is 17.2 Å². The molecule has 0 saturated heterocycles. The van der Waals surface area contributed by atoms with Gasteiger partial charge in [0, 0.05) is 10.4 Å². The molecule has 7 nitrogen and oxygen atoms in total. The van der Waals surface area contributed by atoms with E-state index in [2.05, 4.69) is 20.7 Å². The number of aromatic nitrogens is 3. The summed E-state index contributed by atoms with van der Waals surface area (Å²) >= 11 is 6.86. The van der Waals surface area contributed by atoms with Gasteiger partial charge in [-0.05, 0) is 49.3 Å². The zero-order valence-electron chi connectivity index (χ0n) is 18.5. The molecule has 0 spiro atoms. The minimum absolute atomic E-state index is 0.231. The first-order chi connectivity index (χ1) is 16.4. The monoisotopic (exact) mass is 495 g/mol. The van der Waals surface area contributed by atoms with E-state index >= 15 is 0 Å². The molecule has 0 fully saturated rings. The van der Waals surface area contributed by atoms with E-state index in [0.717, 1.165) is 21.6 Å². The number of hydrogen-bond acceptors (Lipinski definition) is 6. The second-order valence-corrected chi connectivity index (χ2v) is 8.93. The fourth-order valence-electron chi connectivity index (χ4n) is 3.47. The number of thiophene rings is 1. The van der Waals surface area contributed by atoms with Crippen LogP contribution in [0.4, 0.5) is 15.3 Å². The summed E-state index contributed by atoms with van der Waals surface area (Å²) in [6.07, 6.45) is 1.53. The van der Waals surface area contributed by atoms with Crippen molar-refractivity contribution < 1.29 is 13.9 Å². The molecule has 0 radical (unpaired) electrons. The Balaban J connectivity index is 1.52. The van der Waals surface area contributed by atoms with E-state index in [9.17, 15) is 9.18 Å². The molecule has 0 unspecified atom stereocenters. The number of hydrogen-bond donors (Lipinski definition) is 2. The van der Waals surface area contributed by atoms with Gasteiger partial charge in [-0.3, -0.25) is 5.32 Å². The zero-order valence-corrected chi connectivity index (χ0v) is 20.2. The molecule has 0 aliphatic rings. The number of nitrogens with one attached hydrogen (secondary N) is 2. The van der Waals surface area contributed by atoms with Crippen molar-refractivity contribution in [3.63, 3.8) is 0 Å². The summed E-state index contributed by atoms with van der Waals surface area (Å²) in [7, 11) is 0. The van der Waals surface area contributed by atoms with Gasteiger partial charge < -0.3 is 10.1 Å². The number of anilines is 2. The number of carbonyl (C=O) groups is 1. The van der Waals surface area contributed by atoms with Gasteiger partial charge in [-0.25, -0.2) is 18.9 Å². The lowest BCUT2D eigenvalue weighted by atomic mass is 10.0. The summed E-state index contributed by atoms with van der Waals surface area (Å²) in [5.41, 5.74) is 2.93. The number of aryl methyl sites for hydroxylation is 1. The zero-order chi connectivity index (χ0) is 24.1. The topological polar surface area (TPSA) is 81.1 Å². The van der Waals surface area contributed by atoms with Crippen LogP contribution in [0.1, 0.15) is 27.7 Å². The first kappa shape index (κ1) is 23.5. The molecule has 0 amide bonds. The quantitative estimate of drug-likeness (QED) is 0.259. The third-order valence-corrected chi connectivity index (χ3v) is 6.07. The molecule has 34 heavy (non-hydrogen) atoms. The van der Waals surface area contributed by atoms with Gasteiger partial charge in [0.1, 0.15) is 22.7 Å². The SMILES string of the molecule is CCOC(=O)c1c(NC(=S)Nc2ncn(Cc3cccc(F)c3)n2)sc(C)c1-c1ccccc1. The maximum absolute atomic E-state index is 13.4. The first-order valence-corrected chi connectivity index (χ1v) is 11.7. The van der Waals surface area contributed by atoms with E-state index in [4.69, 9.17) is 17.0 Å². The number of benzene rings is 2. The third kappa shape index (κ3) is 5.46. The van der Waals surface area contributed by atoms with Gasteiger partial charge in [-0.1, -0.05) is 42.5 Å². The molecule has 4 aromatic rings. The summed E-state index contributed by atoms with van der Waals surface area (Å²) < 4.78 is 20.3. The maximum Gasteiger partial charge on any atom is 0.341 e. The average molecular weight is 496 g/mol. The molecule has 0 aliphatic heterocycles. The molecule has 0 saturated carbocycles. The second-order valence-electron chi connectivity index (χ2n) is 7.30. The smallest absolute Gasteiger partial charge is 0.341 e. The molecule has 4 rings (SSSR count). The highest BCUT2D eigenvalue weighted by Crippen LogP contribution is 2.40. The second kappa shape index (κ2) is 10.5. The molecular weight excluding hydrogens is 473 g/mol. The van der Waals surface area contributed by atoms with Crippen LogP contribution in [0.2, 0.25) is 0 Å². The molecule has 2 N–H and O–H groups in total. The van der Waals surface area contributed by atoms with Crippen LogP contribution in [0.5, 0.6) is 0 Å². The van der Waals surface area contributed by atoms with Crippen molar-refractivity contribution in [2.24, 2.45) is 0 Å². The van der Waals surface area contributed by atoms with Gasteiger partial charge in [-0.2, -0.15) is 0 Å². The molecule has 0 aliphatic carbocycles. The van der Waals surface area contributed by atoms with E-state index in [0.29, 0.717) is 17.1 Å². The molecule has 2 aromatic carbocycles. The highest BCUT2D eigenvalue weighted by molar-refractivity contribution is 7.80. The highest BCUT2D eigenvalue weighted by atomic mass is 32.1. The van der Waals surface area contributed by atoms with Crippen molar-refractivity contribution in [1.82, 2.24) is 14.8 Å². The number of ether oxygens (including phenoxy) is 1. The van der Waals surface area contributed by atoms with E-state index in [-0.39, 0.29) is 23.5 Å². The number of thiocarbonyl (C=S) groups is 1. The van der Waals surface area contributed by atoms with Gasteiger partial charge in [-0.15, -0.1) is 16.4 Å². The first-order valence-electron chi connectivity index (χ1n) is 10.5. The number of esters is 1. The van der Waals surface area contributed by atoms with Gasteiger partial charge in [0.25, 0.3) is 0 Å². The normalized spacial score (nSPS) is 10.7. The molecular formula is C24H22FN5O2S2. The molecule has 174 valence electrons. The van der Waals surface area contributed by atoms with E-state index < -0.39 is 5.97 Å². The minimum atomic E-state index is -0.423. The Hall–Kier alpha value is -3.63. The molecule has 2 aromatic heterocycles. The Kier molecular flexibility index (Phi) is 7.29. The Bertz CT molecular complexity index is 1320. The molecule has 0 bridgehead atoms. The summed E-state index contributed by atoms with van der Waals surface area (Å²) in [4.78, 5) is 18.0. The van der Waals surface area contributed by atoms with Crippen molar-refractivity contribution in [3.8, 4) is 11.1 Å². The summed E-state index contributed by atoms with van der Waals surface area (Å²) in [5.74, 6) is -0.448. The van der Waals surface area contributed by atoms with Gasteiger partial charge in [0.2, 0.25) is 5.95 Å². The van der Waals surface area contributed by atoms with E-state index in [1.54, 1.807) is 17.7 Å². The van der Waals surface area contributed by atoms with Crippen molar-refractivity contribution in [2.45, 2.75) is 20.4 Å². The van der Waals surface area contributed by atoms with Crippen LogP contribution in [0, 0.1) is 12.7 Å². The van der Waals surface area contributed by atoms with Gasteiger partial charge in [0.15, 0.2) is 5.11 Å². The molecule has 0 atom stereocenters. The Morgan fingerprint density at radius 2 is 1.97 bits per heavy atom. The van der Waals surface area contributed by atoms with Crippen LogP contribution in [-0.2, 0) is 11.3 Å². The maximum atomic E-state index is 13.4. The summed E-state index contributed by atoms with van der Waals surface area (Å²) in [5, 5.41) is 11.2. The number of carbonyl (C=O) groups excluding carboxylic acids is 1.